The predicted molar refractivity (Wildman–Crippen MR) is 107 cm³/mol. The predicted octanol–water partition coefficient (Wildman–Crippen LogP) is 2.80. The van der Waals surface area contributed by atoms with E-state index in [-0.39, 0.29) is 5.78 Å². The molecule has 2 aromatic rings. The van der Waals surface area contributed by atoms with Crippen molar-refractivity contribution in [2.24, 2.45) is 0 Å². The van der Waals surface area contributed by atoms with Crippen LogP contribution in [0, 0.1) is 20.8 Å². The third-order valence-electron chi connectivity index (χ3n) is 5.05. The lowest BCUT2D eigenvalue weighted by Gasteiger charge is -2.33. The van der Waals surface area contributed by atoms with Gasteiger partial charge < -0.3 is 0 Å². The highest BCUT2D eigenvalue weighted by Crippen LogP contribution is 2.19. The maximum Gasteiger partial charge on any atom is 0.243 e. The largest absolute Gasteiger partial charge is 0.293 e. The second-order valence-electron chi connectivity index (χ2n) is 7.23. The first-order valence-corrected chi connectivity index (χ1v) is 10.6. The summed E-state index contributed by atoms with van der Waals surface area (Å²) in [4.78, 5) is 15.0. The molecular weight excluding hydrogens is 360 g/mol. The van der Waals surface area contributed by atoms with Gasteiger partial charge in [-0.2, -0.15) is 4.31 Å². The fourth-order valence-electron chi connectivity index (χ4n) is 3.31. The quantitative estimate of drug-likeness (QED) is 0.742. The molecule has 27 heavy (non-hydrogen) atoms. The van der Waals surface area contributed by atoms with Crippen LogP contribution in [0.5, 0.6) is 0 Å². The molecule has 0 aromatic heterocycles. The Bertz CT molecular complexity index is 928. The molecule has 0 radical (unpaired) electrons. The standard InChI is InChI=1S/C21H26N2O3S/c1-16-5-8-19(9-6-16)27(25,26)23-12-10-22(11-13-23)15-21(24)20-14-17(2)4-7-18(20)3/h4-9,14H,10-13,15H2,1-3H3. The summed E-state index contributed by atoms with van der Waals surface area (Å²) < 4.78 is 27.1. The van der Waals surface area contributed by atoms with Gasteiger partial charge in [-0.25, -0.2) is 8.42 Å². The number of nitrogens with zero attached hydrogens (tertiary/aromatic N) is 2. The summed E-state index contributed by atoms with van der Waals surface area (Å²) in [5.41, 5.74) is 3.83. The molecule has 2 aromatic carbocycles. The molecule has 3 rings (SSSR count). The van der Waals surface area contributed by atoms with Gasteiger partial charge in [-0.1, -0.05) is 35.4 Å². The van der Waals surface area contributed by atoms with Gasteiger partial charge in [-0.05, 0) is 44.5 Å². The summed E-state index contributed by atoms with van der Waals surface area (Å²) in [6, 6.07) is 12.8. The first-order valence-electron chi connectivity index (χ1n) is 9.17. The van der Waals surface area contributed by atoms with Gasteiger partial charge in [0.1, 0.15) is 0 Å². The van der Waals surface area contributed by atoms with Crippen LogP contribution in [0.15, 0.2) is 47.4 Å². The SMILES string of the molecule is Cc1ccc(S(=O)(=O)N2CCN(CC(=O)c3cc(C)ccc3C)CC2)cc1. The summed E-state index contributed by atoms with van der Waals surface area (Å²) >= 11 is 0. The maximum atomic E-state index is 12.8. The van der Waals surface area contributed by atoms with Crippen molar-refractivity contribution in [3.8, 4) is 0 Å². The number of sulfonamides is 1. The summed E-state index contributed by atoms with van der Waals surface area (Å²) in [5.74, 6) is 0.0889. The Labute approximate surface area is 161 Å². The Kier molecular flexibility index (Phi) is 5.79. The lowest BCUT2D eigenvalue weighted by atomic mass is 10.0. The van der Waals surface area contributed by atoms with E-state index in [2.05, 4.69) is 0 Å². The molecular formula is C21H26N2O3S. The Morgan fingerprint density at radius 1 is 0.889 bits per heavy atom. The molecule has 0 N–H and O–H groups in total. The molecule has 1 fully saturated rings. The van der Waals surface area contributed by atoms with E-state index in [1.54, 1.807) is 12.1 Å². The molecule has 144 valence electrons. The minimum Gasteiger partial charge on any atom is -0.293 e. The lowest BCUT2D eigenvalue weighted by molar-refractivity contribution is 0.0901. The van der Waals surface area contributed by atoms with Gasteiger partial charge in [0.25, 0.3) is 0 Å². The van der Waals surface area contributed by atoms with Crippen LogP contribution in [0.4, 0.5) is 0 Å². The number of hydrogen-bond acceptors (Lipinski definition) is 4. The number of Topliss-reactive ketones (excluding diaryl/α,β-unsaturated/α-hetero) is 1. The fraction of sp³-hybridized carbons (Fsp3) is 0.381. The van der Waals surface area contributed by atoms with Crippen LogP contribution in [0.25, 0.3) is 0 Å². The summed E-state index contributed by atoms with van der Waals surface area (Å²) in [5, 5.41) is 0. The monoisotopic (exact) mass is 386 g/mol. The van der Waals surface area contributed by atoms with E-state index in [4.69, 9.17) is 0 Å². The first-order chi connectivity index (χ1) is 12.8. The van der Waals surface area contributed by atoms with Crippen LogP contribution in [0.1, 0.15) is 27.0 Å². The number of carbonyl (C=O) groups excluding carboxylic acids is 1. The van der Waals surface area contributed by atoms with E-state index in [9.17, 15) is 13.2 Å². The normalized spacial score (nSPS) is 16.4. The molecule has 6 heteroatoms. The molecule has 0 amide bonds. The molecule has 5 nitrogen and oxygen atoms in total. The number of hydrogen-bond donors (Lipinski definition) is 0. The molecule has 1 heterocycles. The number of rotatable bonds is 5. The van der Waals surface area contributed by atoms with Crippen LogP contribution in [-0.2, 0) is 10.0 Å². The third-order valence-corrected chi connectivity index (χ3v) is 6.96. The molecule has 0 bridgehead atoms. The van der Waals surface area contributed by atoms with Gasteiger partial charge in [0.2, 0.25) is 10.0 Å². The molecule has 0 aliphatic carbocycles. The highest BCUT2D eigenvalue weighted by atomic mass is 32.2. The number of benzene rings is 2. The Morgan fingerprint density at radius 2 is 1.48 bits per heavy atom. The maximum absolute atomic E-state index is 12.8. The number of aryl methyl sites for hydroxylation is 3. The molecule has 0 spiro atoms. The van der Waals surface area contributed by atoms with Crippen molar-refractivity contribution >= 4 is 15.8 Å². The highest BCUT2D eigenvalue weighted by molar-refractivity contribution is 7.89. The smallest absolute Gasteiger partial charge is 0.243 e. The average molecular weight is 387 g/mol. The second-order valence-corrected chi connectivity index (χ2v) is 9.17. The molecule has 0 atom stereocenters. The van der Waals surface area contributed by atoms with Crippen LogP contribution < -0.4 is 0 Å². The Morgan fingerprint density at radius 3 is 2.11 bits per heavy atom. The summed E-state index contributed by atoms with van der Waals surface area (Å²) in [7, 11) is -3.47. The van der Waals surface area contributed by atoms with Crippen molar-refractivity contribution in [3.05, 3.63) is 64.7 Å². The minimum absolute atomic E-state index is 0.0889. The second kappa shape index (κ2) is 7.92. The minimum atomic E-state index is -3.47. The van der Waals surface area contributed by atoms with E-state index in [0.717, 1.165) is 22.3 Å². The van der Waals surface area contributed by atoms with Gasteiger partial charge in [-0.15, -0.1) is 0 Å². The topological polar surface area (TPSA) is 57.7 Å². The summed E-state index contributed by atoms with van der Waals surface area (Å²) in [6.45, 7) is 8.09. The Hall–Kier alpha value is -2.02. The van der Waals surface area contributed by atoms with Crippen LogP contribution in [0.2, 0.25) is 0 Å². The van der Waals surface area contributed by atoms with E-state index < -0.39 is 10.0 Å². The van der Waals surface area contributed by atoms with Gasteiger partial charge >= 0.3 is 0 Å². The zero-order valence-electron chi connectivity index (χ0n) is 16.1. The number of piperazine rings is 1. The fourth-order valence-corrected chi connectivity index (χ4v) is 4.73. The van der Waals surface area contributed by atoms with Gasteiger partial charge in [0.05, 0.1) is 11.4 Å². The average Bonchev–Trinajstić information content (AvgIpc) is 2.64. The zero-order valence-corrected chi connectivity index (χ0v) is 16.9. The molecule has 0 unspecified atom stereocenters. The van der Waals surface area contributed by atoms with Gasteiger partial charge in [0, 0.05) is 31.7 Å². The van der Waals surface area contributed by atoms with Crippen molar-refractivity contribution in [1.82, 2.24) is 9.21 Å². The van der Waals surface area contributed by atoms with E-state index in [0.29, 0.717) is 37.6 Å². The highest BCUT2D eigenvalue weighted by Gasteiger charge is 2.29. The van der Waals surface area contributed by atoms with Crippen molar-refractivity contribution in [1.29, 1.82) is 0 Å². The van der Waals surface area contributed by atoms with Gasteiger partial charge in [0.15, 0.2) is 5.78 Å². The first kappa shape index (κ1) is 19.7. The Balaban J connectivity index is 1.62. The van der Waals surface area contributed by atoms with Crippen molar-refractivity contribution < 1.29 is 13.2 Å². The van der Waals surface area contributed by atoms with Gasteiger partial charge in [-0.3, -0.25) is 9.69 Å². The summed E-state index contributed by atoms with van der Waals surface area (Å²) in [6.07, 6.45) is 0. The van der Waals surface area contributed by atoms with Crippen molar-refractivity contribution in [2.75, 3.05) is 32.7 Å². The molecule has 1 aliphatic heterocycles. The number of ketones is 1. The van der Waals surface area contributed by atoms with E-state index in [1.165, 1.54) is 4.31 Å². The van der Waals surface area contributed by atoms with Crippen LogP contribution in [0.3, 0.4) is 0 Å². The van der Waals surface area contributed by atoms with Crippen molar-refractivity contribution in [3.63, 3.8) is 0 Å². The number of carbonyl (C=O) groups is 1. The third kappa shape index (κ3) is 4.46. The van der Waals surface area contributed by atoms with Crippen LogP contribution >= 0.6 is 0 Å². The van der Waals surface area contributed by atoms with E-state index in [1.807, 2.05) is 56.0 Å². The zero-order chi connectivity index (χ0) is 19.6. The van der Waals surface area contributed by atoms with Crippen LogP contribution in [-0.4, -0.2) is 56.1 Å². The van der Waals surface area contributed by atoms with E-state index >= 15 is 0 Å². The lowest BCUT2D eigenvalue weighted by Crippen LogP contribution is -2.49. The molecule has 1 aliphatic rings. The van der Waals surface area contributed by atoms with Crippen molar-refractivity contribution in [2.45, 2.75) is 25.7 Å². The molecule has 1 saturated heterocycles. The molecule has 0 saturated carbocycles.